The summed E-state index contributed by atoms with van der Waals surface area (Å²) in [7, 11) is 0. The molecule has 0 saturated carbocycles. The molecular formula is C49H74GaN9O18. The number of esters is 1. The van der Waals surface area contributed by atoms with Crippen LogP contribution in [0.4, 0.5) is 4.79 Å². The molecule has 8 N–H and O–H groups in total. The topological polar surface area (TPSA) is 400 Å². The third-order valence-electron chi connectivity index (χ3n) is 12.1. The molecule has 1 saturated heterocycles. The minimum Gasteiger partial charge on any atom is -0.549 e. The largest absolute Gasteiger partial charge is 3.00 e. The van der Waals surface area contributed by atoms with Crippen LogP contribution in [-0.2, 0) is 59.3 Å². The summed E-state index contributed by atoms with van der Waals surface area (Å²) in [6.07, 6.45) is 3.37. The van der Waals surface area contributed by atoms with Crippen molar-refractivity contribution in [2.45, 2.75) is 115 Å². The molecule has 28 heteroatoms. The summed E-state index contributed by atoms with van der Waals surface area (Å²) in [4.78, 5) is 139. The van der Waals surface area contributed by atoms with Gasteiger partial charge < -0.3 is 76.3 Å². The molecule has 0 spiro atoms. The van der Waals surface area contributed by atoms with Crippen LogP contribution < -0.4 is 41.9 Å². The number of amides is 5. The zero-order chi connectivity index (χ0) is 56.3. The van der Waals surface area contributed by atoms with E-state index in [1.807, 2.05) is 6.07 Å². The molecule has 3 atom stereocenters. The Kier molecular flexibility index (Phi) is 35.6. The third-order valence-corrected chi connectivity index (χ3v) is 12.1. The Labute approximate surface area is 460 Å². The van der Waals surface area contributed by atoms with Gasteiger partial charge in [0.2, 0.25) is 17.7 Å². The summed E-state index contributed by atoms with van der Waals surface area (Å²) >= 11 is 0. The van der Waals surface area contributed by atoms with Crippen molar-refractivity contribution in [3.8, 4) is 0 Å². The van der Waals surface area contributed by atoms with Gasteiger partial charge in [0.05, 0.1) is 24.5 Å². The molecule has 2 rings (SSSR count). The quantitative estimate of drug-likeness (QED) is 0.0178. The molecule has 1 aliphatic rings. The standard InChI is InChI=1S/C49H77N9O18.Ga/c59-39(50-20-10-8-14-36(46(70)71)53-49(75)54-37(47(72)73)18-19-42(62)63)16-6-1-2-7-17-40(60)52-38(48(74)76-34-35-12-4-3-5-13-35)15-9-11-21-51-41(61)30-55-22-24-56(31-43(64)65)26-28-58(33-45(68)69)29-27-57(25-23-55)32-44(66)67;/h3-5,12-13,36-38H,1-2,6-11,14-34H2,(H,50,59)(H,51,61)(H,52,60)(H,62,63)(H,64,65)(H,66,67)(H,68,69)(H,70,71)(H,72,73)(H2,53,54,75);/q;+3/p-3/t36-,37-,38-;/m0./s1/i;1-2. The maximum Gasteiger partial charge on any atom is 3.00 e. The third kappa shape index (κ3) is 34.1. The van der Waals surface area contributed by atoms with Crippen LogP contribution in [0.5, 0.6) is 0 Å². The maximum absolute atomic E-state index is 13.2. The van der Waals surface area contributed by atoms with Gasteiger partial charge in [-0.3, -0.25) is 38.8 Å². The number of nitrogens with one attached hydrogen (secondary N) is 5. The molecule has 0 aliphatic carbocycles. The van der Waals surface area contributed by atoms with Gasteiger partial charge >= 0.3 is 49.7 Å². The van der Waals surface area contributed by atoms with Gasteiger partial charge in [-0.15, -0.1) is 0 Å². The number of carbonyl (C=O) groups is 11. The molecule has 77 heavy (non-hydrogen) atoms. The van der Waals surface area contributed by atoms with Gasteiger partial charge in [-0.1, -0.05) is 43.2 Å². The van der Waals surface area contributed by atoms with Crippen LogP contribution in [0.2, 0.25) is 0 Å². The van der Waals surface area contributed by atoms with E-state index in [0.717, 1.165) is 5.56 Å². The van der Waals surface area contributed by atoms with E-state index >= 15 is 0 Å². The summed E-state index contributed by atoms with van der Waals surface area (Å²) in [6, 6.07) is 4.06. The number of carbonyl (C=O) groups excluding carboxylic acids is 8. The number of urea groups is 1. The van der Waals surface area contributed by atoms with Crippen LogP contribution in [0.3, 0.4) is 0 Å². The van der Waals surface area contributed by atoms with Crippen LogP contribution in [-0.4, -0.2) is 230 Å². The number of rotatable bonds is 36. The Balaban J connectivity index is 0.0000296. The number of aliphatic carboxylic acids is 6. The number of hydrogen-bond donors (Lipinski definition) is 8. The molecule has 1 aromatic carbocycles. The Morgan fingerprint density at radius 2 is 0.896 bits per heavy atom. The zero-order valence-electron chi connectivity index (χ0n) is 43.5. The van der Waals surface area contributed by atoms with Crippen LogP contribution in [0.25, 0.3) is 0 Å². The minimum atomic E-state index is -1.53. The van der Waals surface area contributed by atoms with E-state index in [4.69, 9.17) is 9.84 Å². The second-order valence-corrected chi connectivity index (χ2v) is 18.4. The summed E-state index contributed by atoms with van der Waals surface area (Å²) in [5.41, 5.74) is 0.752. The van der Waals surface area contributed by atoms with Gasteiger partial charge in [0.25, 0.3) is 0 Å². The van der Waals surface area contributed by atoms with Gasteiger partial charge in [0, 0.05) is 104 Å². The van der Waals surface area contributed by atoms with Gasteiger partial charge in [0.1, 0.15) is 24.7 Å². The van der Waals surface area contributed by atoms with Crippen molar-refractivity contribution < 1.29 is 88.1 Å². The predicted octanol–water partition coefficient (Wildman–Crippen LogP) is -4.71. The monoisotopic (exact) mass is 1140 g/mol. The molecule has 1 fully saturated rings. The van der Waals surface area contributed by atoms with Crippen molar-refractivity contribution in [2.24, 2.45) is 0 Å². The first-order chi connectivity index (χ1) is 36.2. The fourth-order valence-corrected chi connectivity index (χ4v) is 7.92. The van der Waals surface area contributed by atoms with E-state index in [1.54, 1.807) is 39.0 Å². The zero-order valence-corrected chi connectivity index (χ0v) is 45.9. The van der Waals surface area contributed by atoms with Gasteiger partial charge in [0.15, 0.2) is 0 Å². The molecule has 1 aliphatic heterocycles. The number of hydrogen-bond acceptors (Lipinski definition) is 19. The first kappa shape index (κ1) is 68.7. The number of unbranched alkanes of at least 4 members (excludes halogenated alkanes) is 5. The molecule has 1 heterocycles. The summed E-state index contributed by atoms with van der Waals surface area (Å²) in [5, 5.41) is 74.4. The molecule has 1 aromatic rings. The van der Waals surface area contributed by atoms with Crippen molar-refractivity contribution in [1.29, 1.82) is 0 Å². The van der Waals surface area contributed by atoms with Crippen LogP contribution in [0, 0.1) is 0 Å². The average Bonchev–Trinajstić information content (AvgIpc) is 3.34. The molecule has 426 valence electrons. The van der Waals surface area contributed by atoms with E-state index in [2.05, 4.69) is 26.6 Å². The normalized spacial score (nSPS) is 15.1. The van der Waals surface area contributed by atoms with E-state index in [0.29, 0.717) is 51.4 Å². The van der Waals surface area contributed by atoms with Crippen molar-refractivity contribution >= 4 is 85.3 Å². The Morgan fingerprint density at radius 3 is 1.34 bits per heavy atom. The molecule has 0 radical (unpaired) electrons. The van der Waals surface area contributed by atoms with Crippen LogP contribution in [0.1, 0.15) is 95.5 Å². The number of carboxylic acids is 6. The van der Waals surface area contributed by atoms with Crippen molar-refractivity contribution in [3.63, 3.8) is 0 Å². The van der Waals surface area contributed by atoms with Crippen molar-refractivity contribution in [3.05, 3.63) is 35.9 Å². The Morgan fingerprint density at radius 1 is 0.481 bits per heavy atom. The fraction of sp³-hybridized carbons (Fsp3) is 0.653. The number of nitrogens with zero attached hydrogens (tertiary/aromatic N) is 4. The molecule has 0 unspecified atom stereocenters. The molecule has 0 aromatic heterocycles. The summed E-state index contributed by atoms with van der Waals surface area (Å²) < 4.78 is 5.54. The molecular weight excluding hydrogens is 1070 g/mol. The smallest absolute Gasteiger partial charge is 0.549 e. The van der Waals surface area contributed by atoms with Crippen LogP contribution >= 0.6 is 0 Å². The van der Waals surface area contributed by atoms with Crippen LogP contribution in [0.15, 0.2) is 30.3 Å². The van der Waals surface area contributed by atoms with E-state index < -0.39 is 98.4 Å². The van der Waals surface area contributed by atoms with Crippen molar-refractivity contribution in [2.75, 3.05) is 91.6 Å². The maximum atomic E-state index is 13.2. The Hall–Kier alpha value is -6.33. The summed E-state index contributed by atoms with van der Waals surface area (Å²) in [5.74, 6) is -9.67. The first-order valence-electron chi connectivity index (χ1n) is 25.5. The number of ether oxygens (including phenoxy) is 1. The molecule has 0 bridgehead atoms. The summed E-state index contributed by atoms with van der Waals surface area (Å²) in [6.45, 7) is 0.539. The predicted molar refractivity (Wildman–Crippen MR) is 268 cm³/mol. The van der Waals surface area contributed by atoms with Gasteiger partial charge in [-0.2, -0.15) is 0 Å². The van der Waals surface area contributed by atoms with Crippen molar-refractivity contribution in [1.82, 2.24) is 46.2 Å². The average molecular weight is 1150 g/mol. The van der Waals surface area contributed by atoms with E-state index in [9.17, 15) is 78.3 Å². The van der Waals surface area contributed by atoms with E-state index in [1.165, 1.54) is 4.90 Å². The first-order valence-corrected chi connectivity index (χ1v) is 25.5. The minimum absolute atomic E-state index is 0. The molecule has 5 amide bonds. The fourth-order valence-electron chi connectivity index (χ4n) is 7.92. The second kappa shape index (κ2) is 40.0. The van der Waals surface area contributed by atoms with Gasteiger partial charge in [-0.25, -0.2) is 19.2 Å². The SMILES string of the molecule is O=C([O-])CN1CCN(CC(=O)[O-])CCN(CC(=O)NCCCC[C@H](NC(=O)CCCCCCC(=O)NCCCC[C@H](NC(=O)N[C@@H](CCC(=O)O)C(=O)O)C(=O)O)C(=O)OCc2ccccc2)CCN(CC(=O)[O-])CC1.[68Ga+3]. The Bertz CT molecular complexity index is 2010. The molecule has 27 nitrogen and oxygen atoms in total. The van der Waals surface area contributed by atoms with Gasteiger partial charge in [-0.05, 0) is 63.4 Å². The van der Waals surface area contributed by atoms with E-state index in [-0.39, 0.29) is 142 Å². The number of carboxylic acid groups (broad SMARTS) is 6. The number of benzene rings is 1. The second-order valence-electron chi connectivity index (χ2n) is 18.4.